The van der Waals surface area contributed by atoms with Crippen molar-refractivity contribution in [2.75, 3.05) is 24.7 Å². The lowest BCUT2D eigenvalue weighted by Gasteiger charge is -2.39. The van der Waals surface area contributed by atoms with E-state index in [1.54, 1.807) is 0 Å². The third-order valence-corrected chi connectivity index (χ3v) is 5.02. The zero-order valence-electron chi connectivity index (χ0n) is 11.5. The van der Waals surface area contributed by atoms with Gasteiger partial charge in [0.2, 0.25) is 10.0 Å². The molecule has 0 atom stereocenters. The molecule has 0 aromatic heterocycles. The largest absolute Gasteiger partial charge is 0.494 e. The van der Waals surface area contributed by atoms with Gasteiger partial charge in [0.05, 0.1) is 24.2 Å². The molecule has 0 aliphatic heterocycles. The Balaban J connectivity index is 2.16. The maximum atomic E-state index is 13.1. The SMILES string of the molecule is COc1cc(F)ccc1NS(=O)(=O)CC1(OC)CCC1. The van der Waals surface area contributed by atoms with Crippen molar-refractivity contribution in [3.05, 3.63) is 24.0 Å². The number of ether oxygens (including phenoxy) is 2. The molecular formula is C13H18FNO4S. The minimum absolute atomic E-state index is 0.114. The second-order valence-corrected chi connectivity index (χ2v) is 6.67. The fourth-order valence-corrected chi connectivity index (χ4v) is 3.95. The summed E-state index contributed by atoms with van der Waals surface area (Å²) in [5.74, 6) is -0.456. The normalized spacial score (nSPS) is 17.4. The number of nitrogens with one attached hydrogen (secondary N) is 1. The summed E-state index contributed by atoms with van der Waals surface area (Å²) < 4.78 is 50.1. The van der Waals surface area contributed by atoms with Crippen LogP contribution in [-0.4, -0.2) is 34.0 Å². The summed E-state index contributed by atoms with van der Waals surface area (Å²) in [6.07, 6.45) is 2.42. The first-order chi connectivity index (χ1) is 9.40. The molecule has 0 unspecified atom stereocenters. The van der Waals surface area contributed by atoms with Gasteiger partial charge in [0.25, 0.3) is 0 Å². The highest BCUT2D eigenvalue weighted by atomic mass is 32.2. The Morgan fingerprint density at radius 1 is 1.35 bits per heavy atom. The van der Waals surface area contributed by atoms with Crippen LogP contribution in [0.3, 0.4) is 0 Å². The van der Waals surface area contributed by atoms with E-state index in [4.69, 9.17) is 9.47 Å². The van der Waals surface area contributed by atoms with Crippen LogP contribution >= 0.6 is 0 Å². The van der Waals surface area contributed by atoms with Crippen molar-refractivity contribution in [2.45, 2.75) is 24.9 Å². The fourth-order valence-electron chi connectivity index (χ4n) is 2.28. The molecule has 5 nitrogen and oxygen atoms in total. The molecule has 0 amide bonds. The lowest BCUT2D eigenvalue weighted by Crippen LogP contribution is -2.46. The monoisotopic (exact) mass is 303 g/mol. The maximum Gasteiger partial charge on any atom is 0.235 e. The molecule has 1 aliphatic rings. The number of sulfonamides is 1. The first-order valence-electron chi connectivity index (χ1n) is 6.29. The lowest BCUT2D eigenvalue weighted by molar-refractivity contribution is -0.0524. The number of hydrogen-bond acceptors (Lipinski definition) is 4. The minimum Gasteiger partial charge on any atom is -0.494 e. The van der Waals surface area contributed by atoms with Crippen molar-refractivity contribution in [1.29, 1.82) is 0 Å². The first kappa shape index (κ1) is 15.1. The van der Waals surface area contributed by atoms with Gasteiger partial charge < -0.3 is 9.47 Å². The van der Waals surface area contributed by atoms with Gasteiger partial charge in [-0.2, -0.15) is 0 Å². The fraction of sp³-hybridized carbons (Fsp3) is 0.538. The van der Waals surface area contributed by atoms with E-state index in [0.29, 0.717) is 0 Å². The quantitative estimate of drug-likeness (QED) is 0.874. The molecule has 7 heteroatoms. The van der Waals surface area contributed by atoms with Crippen molar-refractivity contribution in [3.63, 3.8) is 0 Å². The van der Waals surface area contributed by atoms with Gasteiger partial charge >= 0.3 is 0 Å². The predicted molar refractivity (Wildman–Crippen MR) is 74.0 cm³/mol. The van der Waals surface area contributed by atoms with Crippen LogP contribution in [0.5, 0.6) is 5.75 Å². The Kier molecular flexibility index (Phi) is 4.19. The molecule has 0 bridgehead atoms. The van der Waals surface area contributed by atoms with Crippen LogP contribution in [0.15, 0.2) is 18.2 Å². The summed E-state index contributed by atoms with van der Waals surface area (Å²) in [6.45, 7) is 0. The minimum atomic E-state index is -3.59. The van der Waals surface area contributed by atoms with Gasteiger partial charge in [-0.3, -0.25) is 4.72 Å². The van der Waals surface area contributed by atoms with Crippen LogP contribution < -0.4 is 9.46 Å². The van der Waals surface area contributed by atoms with Gasteiger partial charge in [0.15, 0.2) is 0 Å². The van der Waals surface area contributed by atoms with Gasteiger partial charge in [-0.1, -0.05) is 0 Å². The third kappa shape index (κ3) is 3.21. The molecule has 0 spiro atoms. The van der Waals surface area contributed by atoms with E-state index in [9.17, 15) is 12.8 Å². The Morgan fingerprint density at radius 2 is 2.05 bits per heavy atom. The standard InChI is InChI=1S/C13H18FNO4S/c1-18-12-8-10(14)4-5-11(12)15-20(16,17)9-13(19-2)6-3-7-13/h4-5,8,15H,3,6-7,9H2,1-2H3. The Morgan fingerprint density at radius 3 is 2.55 bits per heavy atom. The Hall–Kier alpha value is -1.34. The van der Waals surface area contributed by atoms with Crippen LogP contribution in [0.1, 0.15) is 19.3 Å². The number of benzene rings is 1. The molecule has 0 saturated heterocycles. The summed E-state index contributed by atoms with van der Waals surface area (Å²) in [6, 6.07) is 3.65. The zero-order valence-corrected chi connectivity index (χ0v) is 12.3. The van der Waals surface area contributed by atoms with Crippen molar-refractivity contribution < 1.29 is 22.3 Å². The highest BCUT2D eigenvalue weighted by Gasteiger charge is 2.41. The van der Waals surface area contributed by atoms with E-state index in [2.05, 4.69) is 4.72 Å². The molecule has 0 heterocycles. The maximum absolute atomic E-state index is 13.1. The van der Waals surface area contributed by atoms with Crippen molar-refractivity contribution in [2.24, 2.45) is 0 Å². The highest BCUT2D eigenvalue weighted by Crippen LogP contribution is 2.37. The van der Waals surface area contributed by atoms with Gasteiger partial charge in [0, 0.05) is 13.2 Å². The smallest absolute Gasteiger partial charge is 0.235 e. The molecule has 1 N–H and O–H groups in total. The molecule has 1 saturated carbocycles. The molecule has 1 aliphatic carbocycles. The average molecular weight is 303 g/mol. The summed E-state index contributed by atoms with van der Waals surface area (Å²) >= 11 is 0. The van der Waals surface area contributed by atoms with Crippen LogP contribution in [0, 0.1) is 5.82 Å². The summed E-state index contributed by atoms with van der Waals surface area (Å²) in [4.78, 5) is 0. The molecule has 1 fully saturated rings. The Labute approximate surface area is 118 Å². The number of methoxy groups -OCH3 is 2. The number of anilines is 1. The second kappa shape index (κ2) is 5.57. The van der Waals surface area contributed by atoms with Crippen molar-refractivity contribution >= 4 is 15.7 Å². The summed E-state index contributed by atoms with van der Waals surface area (Å²) in [5.41, 5.74) is -0.376. The topological polar surface area (TPSA) is 64.6 Å². The average Bonchev–Trinajstić information content (AvgIpc) is 2.36. The molecule has 1 aromatic rings. The number of hydrogen-bond donors (Lipinski definition) is 1. The third-order valence-electron chi connectivity index (χ3n) is 3.58. The van der Waals surface area contributed by atoms with E-state index >= 15 is 0 Å². The molecule has 1 aromatic carbocycles. The van der Waals surface area contributed by atoms with Crippen LogP contribution in [0.4, 0.5) is 10.1 Å². The highest BCUT2D eigenvalue weighted by molar-refractivity contribution is 7.92. The van der Waals surface area contributed by atoms with E-state index in [0.717, 1.165) is 25.3 Å². The number of halogens is 1. The Bertz CT molecular complexity index is 579. The molecular weight excluding hydrogens is 285 g/mol. The van der Waals surface area contributed by atoms with Crippen molar-refractivity contribution in [3.8, 4) is 5.75 Å². The van der Waals surface area contributed by atoms with E-state index in [1.807, 2.05) is 0 Å². The molecule has 20 heavy (non-hydrogen) atoms. The van der Waals surface area contributed by atoms with E-state index < -0.39 is 21.4 Å². The van der Waals surface area contributed by atoms with Crippen LogP contribution in [0.2, 0.25) is 0 Å². The van der Waals surface area contributed by atoms with Gasteiger partial charge in [-0.25, -0.2) is 12.8 Å². The second-order valence-electron chi connectivity index (χ2n) is 4.95. The summed E-state index contributed by atoms with van der Waals surface area (Å²) in [7, 11) is -0.711. The van der Waals surface area contributed by atoms with E-state index in [1.165, 1.54) is 26.4 Å². The van der Waals surface area contributed by atoms with E-state index in [-0.39, 0.29) is 17.2 Å². The van der Waals surface area contributed by atoms with Crippen LogP contribution in [0.25, 0.3) is 0 Å². The number of rotatable bonds is 6. The van der Waals surface area contributed by atoms with Gasteiger partial charge in [-0.15, -0.1) is 0 Å². The molecule has 112 valence electrons. The lowest BCUT2D eigenvalue weighted by atomic mass is 9.82. The van der Waals surface area contributed by atoms with Crippen LogP contribution in [-0.2, 0) is 14.8 Å². The van der Waals surface area contributed by atoms with Crippen molar-refractivity contribution in [1.82, 2.24) is 0 Å². The zero-order chi connectivity index (χ0) is 14.8. The first-order valence-corrected chi connectivity index (χ1v) is 7.94. The summed E-state index contributed by atoms with van der Waals surface area (Å²) in [5, 5.41) is 0. The van der Waals surface area contributed by atoms with Gasteiger partial charge in [-0.05, 0) is 31.4 Å². The van der Waals surface area contributed by atoms with Gasteiger partial charge in [0.1, 0.15) is 11.6 Å². The molecule has 0 radical (unpaired) electrons. The molecule has 2 rings (SSSR count). The predicted octanol–water partition coefficient (Wildman–Crippen LogP) is 2.15.